The fourth-order valence-corrected chi connectivity index (χ4v) is 2.22. The second kappa shape index (κ2) is 6.12. The maximum absolute atomic E-state index is 11.5. The second-order valence-electron chi connectivity index (χ2n) is 4.75. The largest absolute Gasteiger partial charge is 0.468 e. The van der Waals surface area contributed by atoms with Gasteiger partial charge in [0, 0.05) is 26.2 Å². The third-order valence-corrected chi connectivity index (χ3v) is 3.43. The molecule has 0 bridgehead atoms. The van der Waals surface area contributed by atoms with Gasteiger partial charge in [-0.2, -0.15) is 4.98 Å². The van der Waals surface area contributed by atoms with Crippen molar-refractivity contribution in [2.45, 2.75) is 26.4 Å². The summed E-state index contributed by atoms with van der Waals surface area (Å²) in [5.41, 5.74) is 0. The fraction of sp³-hybridized carbons (Fsp3) is 0.750. The highest BCUT2D eigenvalue weighted by Crippen LogP contribution is 2.10. The molecular formula is C12H20N4O3. The standard InChI is InChI=1S/C12H20N4O3/c1-9(12(17)18-3)16-6-4-15(5-7-16)8-11-13-10(2)14-19-11/h9H,4-8H2,1-3H3. The van der Waals surface area contributed by atoms with Crippen LogP contribution < -0.4 is 0 Å². The summed E-state index contributed by atoms with van der Waals surface area (Å²) >= 11 is 0. The molecule has 7 heteroatoms. The molecule has 2 rings (SSSR count). The number of methoxy groups -OCH3 is 1. The zero-order valence-corrected chi connectivity index (χ0v) is 11.6. The van der Waals surface area contributed by atoms with Crippen molar-refractivity contribution in [3.05, 3.63) is 11.7 Å². The van der Waals surface area contributed by atoms with E-state index in [0.717, 1.165) is 26.2 Å². The van der Waals surface area contributed by atoms with Gasteiger partial charge in [-0.05, 0) is 13.8 Å². The van der Waals surface area contributed by atoms with Crippen LogP contribution >= 0.6 is 0 Å². The normalized spacial score (nSPS) is 19.3. The molecule has 1 aliphatic heterocycles. The van der Waals surface area contributed by atoms with Crippen molar-refractivity contribution < 1.29 is 14.1 Å². The molecule has 1 unspecified atom stereocenters. The summed E-state index contributed by atoms with van der Waals surface area (Å²) in [5, 5.41) is 3.78. The number of piperazine rings is 1. The van der Waals surface area contributed by atoms with E-state index in [2.05, 4.69) is 19.9 Å². The van der Waals surface area contributed by atoms with Gasteiger partial charge in [0.25, 0.3) is 0 Å². The van der Waals surface area contributed by atoms with Crippen molar-refractivity contribution in [3.8, 4) is 0 Å². The van der Waals surface area contributed by atoms with Gasteiger partial charge < -0.3 is 9.26 Å². The number of hydrogen-bond donors (Lipinski definition) is 0. The van der Waals surface area contributed by atoms with Crippen molar-refractivity contribution in [1.29, 1.82) is 0 Å². The summed E-state index contributed by atoms with van der Waals surface area (Å²) in [4.78, 5) is 20.0. The van der Waals surface area contributed by atoms with E-state index in [4.69, 9.17) is 9.26 Å². The van der Waals surface area contributed by atoms with Crippen LogP contribution in [-0.2, 0) is 16.1 Å². The summed E-state index contributed by atoms with van der Waals surface area (Å²) < 4.78 is 9.87. The third kappa shape index (κ3) is 3.51. The highest BCUT2D eigenvalue weighted by molar-refractivity contribution is 5.75. The first kappa shape index (κ1) is 14.0. The quantitative estimate of drug-likeness (QED) is 0.715. The summed E-state index contributed by atoms with van der Waals surface area (Å²) in [7, 11) is 1.42. The number of hydrogen-bond acceptors (Lipinski definition) is 7. The Morgan fingerprint density at radius 1 is 1.42 bits per heavy atom. The van der Waals surface area contributed by atoms with Crippen LogP contribution in [0.3, 0.4) is 0 Å². The Labute approximate surface area is 112 Å². The number of rotatable bonds is 4. The number of ether oxygens (including phenoxy) is 1. The fourth-order valence-electron chi connectivity index (χ4n) is 2.22. The summed E-state index contributed by atoms with van der Waals surface area (Å²) in [6, 6.07) is -0.183. The van der Waals surface area contributed by atoms with E-state index in [1.165, 1.54) is 7.11 Å². The minimum Gasteiger partial charge on any atom is -0.468 e. The van der Waals surface area contributed by atoms with Gasteiger partial charge in [-0.3, -0.25) is 14.6 Å². The van der Waals surface area contributed by atoms with Gasteiger partial charge in [-0.15, -0.1) is 0 Å². The number of aryl methyl sites for hydroxylation is 1. The predicted octanol–water partition coefficient (Wildman–Crippen LogP) is 0.0571. The minimum absolute atomic E-state index is 0.180. The third-order valence-electron chi connectivity index (χ3n) is 3.43. The lowest BCUT2D eigenvalue weighted by molar-refractivity contribution is -0.147. The molecular weight excluding hydrogens is 248 g/mol. The Hall–Kier alpha value is -1.47. The maximum Gasteiger partial charge on any atom is 0.322 e. The van der Waals surface area contributed by atoms with Crippen molar-refractivity contribution in [3.63, 3.8) is 0 Å². The van der Waals surface area contributed by atoms with Crippen molar-refractivity contribution in [1.82, 2.24) is 19.9 Å². The summed E-state index contributed by atoms with van der Waals surface area (Å²) in [6.07, 6.45) is 0. The van der Waals surface area contributed by atoms with Crippen LogP contribution in [0.15, 0.2) is 4.52 Å². The molecule has 0 spiro atoms. The van der Waals surface area contributed by atoms with E-state index < -0.39 is 0 Å². The topological polar surface area (TPSA) is 71.7 Å². The van der Waals surface area contributed by atoms with E-state index in [9.17, 15) is 4.79 Å². The number of carbonyl (C=O) groups excluding carboxylic acids is 1. The molecule has 0 N–H and O–H groups in total. The lowest BCUT2D eigenvalue weighted by atomic mass is 10.2. The molecule has 1 atom stereocenters. The zero-order valence-electron chi connectivity index (χ0n) is 11.6. The molecule has 0 aliphatic carbocycles. The molecule has 1 aromatic heterocycles. The van der Waals surface area contributed by atoms with Gasteiger partial charge in [-0.1, -0.05) is 5.16 Å². The Kier molecular flexibility index (Phi) is 4.49. The van der Waals surface area contributed by atoms with Crippen LogP contribution in [0.1, 0.15) is 18.6 Å². The number of nitrogens with zero attached hydrogens (tertiary/aromatic N) is 4. The Morgan fingerprint density at radius 3 is 2.63 bits per heavy atom. The first-order valence-corrected chi connectivity index (χ1v) is 6.43. The smallest absolute Gasteiger partial charge is 0.322 e. The Balaban J connectivity index is 1.80. The highest BCUT2D eigenvalue weighted by atomic mass is 16.5. The molecule has 106 valence electrons. The van der Waals surface area contributed by atoms with E-state index in [-0.39, 0.29) is 12.0 Å². The van der Waals surface area contributed by atoms with Crippen LogP contribution in [0.25, 0.3) is 0 Å². The highest BCUT2D eigenvalue weighted by Gasteiger charge is 2.26. The average Bonchev–Trinajstić information content (AvgIpc) is 2.83. The minimum atomic E-state index is -0.183. The first-order chi connectivity index (χ1) is 9.10. The molecule has 0 amide bonds. The van der Waals surface area contributed by atoms with E-state index in [0.29, 0.717) is 18.3 Å². The molecule has 0 saturated carbocycles. The molecule has 1 aromatic rings. The van der Waals surface area contributed by atoms with Crippen LogP contribution in [-0.4, -0.2) is 65.2 Å². The lowest BCUT2D eigenvalue weighted by Crippen LogP contribution is -2.51. The average molecular weight is 268 g/mol. The molecule has 0 radical (unpaired) electrons. The molecule has 2 heterocycles. The van der Waals surface area contributed by atoms with E-state index in [1.54, 1.807) is 0 Å². The van der Waals surface area contributed by atoms with Crippen LogP contribution in [0.5, 0.6) is 0 Å². The van der Waals surface area contributed by atoms with Gasteiger partial charge >= 0.3 is 5.97 Å². The summed E-state index contributed by atoms with van der Waals surface area (Å²) in [6.45, 7) is 7.78. The van der Waals surface area contributed by atoms with Crippen LogP contribution in [0, 0.1) is 6.92 Å². The van der Waals surface area contributed by atoms with Crippen molar-refractivity contribution in [2.75, 3.05) is 33.3 Å². The Bertz CT molecular complexity index is 426. The lowest BCUT2D eigenvalue weighted by Gasteiger charge is -2.36. The molecule has 1 fully saturated rings. The van der Waals surface area contributed by atoms with Crippen molar-refractivity contribution in [2.24, 2.45) is 0 Å². The molecule has 1 aliphatic rings. The van der Waals surface area contributed by atoms with Crippen molar-refractivity contribution >= 4 is 5.97 Å². The number of esters is 1. The Morgan fingerprint density at radius 2 is 2.11 bits per heavy atom. The van der Waals surface area contributed by atoms with Gasteiger partial charge in [0.15, 0.2) is 5.82 Å². The molecule has 7 nitrogen and oxygen atoms in total. The van der Waals surface area contributed by atoms with E-state index in [1.807, 2.05) is 13.8 Å². The van der Waals surface area contributed by atoms with E-state index >= 15 is 0 Å². The molecule has 19 heavy (non-hydrogen) atoms. The van der Waals surface area contributed by atoms with Gasteiger partial charge in [0.1, 0.15) is 6.04 Å². The van der Waals surface area contributed by atoms with Crippen LogP contribution in [0.2, 0.25) is 0 Å². The van der Waals surface area contributed by atoms with Gasteiger partial charge in [0.05, 0.1) is 13.7 Å². The predicted molar refractivity (Wildman–Crippen MR) is 67.4 cm³/mol. The zero-order chi connectivity index (χ0) is 13.8. The van der Waals surface area contributed by atoms with Gasteiger partial charge in [-0.25, -0.2) is 0 Å². The number of carbonyl (C=O) groups is 1. The van der Waals surface area contributed by atoms with Crippen LogP contribution in [0.4, 0.5) is 0 Å². The molecule has 1 saturated heterocycles. The first-order valence-electron chi connectivity index (χ1n) is 6.43. The molecule has 0 aromatic carbocycles. The number of aromatic nitrogens is 2. The monoisotopic (exact) mass is 268 g/mol. The maximum atomic E-state index is 11.5. The second-order valence-corrected chi connectivity index (χ2v) is 4.75. The SMILES string of the molecule is COC(=O)C(C)N1CCN(Cc2nc(C)no2)CC1. The van der Waals surface area contributed by atoms with Gasteiger partial charge in [0.2, 0.25) is 5.89 Å². The summed E-state index contributed by atoms with van der Waals surface area (Å²) in [5.74, 6) is 1.13.